The van der Waals surface area contributed by atoms with Gasteiger partial charge in [-0.1, -0.05) is 6.92 Å². The van der Waals surface area contributed by atoms with Crippen molar-refractivity contribution in [2.24, 2.45) is 7.05 Å². The van der Waals surface area contributed by atoms with Crippen molar-refractivity contribution in [1.29, 1.82) is 0 Å². The predicted molar refractivity (Wildman–Crippen MR) is 60.6 cm³/mol. The number of aromatic nitrogens is 2. The van der Waals surface area contributed by atoms with Gasteiger partial charge in [0.2, 0.25) is 0 Å². The molecular formula is C11H21N3O. The topological polar surface area (TPSA) is 41.3 Å². The SMILES string of the molecule is CCCN(CCO)Cc1cn(C)nc1C. The van der Waals surface area contributed by atoms with Crippen molar-refractivity contribution in [2.75, 3.05) is 19.7 Å². The molecule has 0 spiro atoms. The molecule has 86 valence electrons. The van der Waals surface area contributed by atoms with E-state index in [0.717, 1.165) is 31.7 Å². The first-order valence-electron chi connectivity index (χ1n) is 5.49. The summed E-state index contributed by atoms with van der Waals surface area (Å²) in [7, 11) is 1.94. The van der Waals surface area contributed by atoms with E-state index in [0.29, 0.717) is 0 Å². The predicted octanol–water partition coefficient (Wildman–Crippen LogP) is 0.933. The van der Waals surface area contributed by atoms with Gasteiger partial charge < -0.3 is 5.11 Å². The van der Waals surface area contributed by atoms with Gasteiger partial charge in [0.25, 0.3) is 0 Å². The zero-order valence-electron chi connectivity index (χ0n) is 9.90. The van der Waals surface area contributed by atoms with Gasteiger partial charge in [-0.2, -0.15) is 5.10 Å². The molecule has 0 radical (unpaired) electrons. The van der Waals surface area contributed by atoms with Crippen LogP contribution in [0.15, 0.2) is 6.20 Å². The van der Waals surface area contributed by atoms with E-state index in [-0.39, 0.29) is 6.61 Å². The Labute approximate surface area is 91.5 Å². The van der Waals surface area contributed by atoms with Gasteiger partial charge in [-0.3, -0.25) is 9.58 Å². The van der Waals surface area contributed by atoms with Crippen LogP contribution in [0, 0.1) is 6.92 Å². The Hall–Kier alpha value is -0.870. The van der Waals surface area contributed by atoms with E-state index >= 15 is 0 Å². The Morgan fingerprint density at radius 1 is 1.47 bits per heavy atom. The smallest absolute Gasteiger partial charge is 0.0638 e. The van der Waals surface area contributed by atoms with E-state index < -0.39 is 0 Å². The van der Waals surface area contributed by atoms with E-state index in [9.17, 15) is 0 Å². The highest BCUT2D eigenvalue weighted by Gasteiger charge is 2.08. The summed E-state index contributed by atoms with van der Waals surface area (Å²) in [5.41, 5.74) is 2.33. The van der Waals surface area contributed by atoms with Crippen LogP contribution in [0.5, 0.6) is 0 Å². The average Bonchev–Trinajstić information content (AvgIpc) is 2.46. The first kappa shape index (κ1) is 12.2. The van der Waals surface area contributed by atoms with E-state index in [1.165, 1.54) is 5.56 Å². The second-order valence-corrected chi connectivity index (χ2v) is 3.91. The molecule has 0 saturated carbocycles. The maximum atomic E-state index is 8.95. The van der Waals surface area contributed by atoms with Crippen molar-refractivity contribution in [1.82, 2.24) is 14.7 Å². The van der Waals surface area contributed by atoms with E-state index in [1.807, 2.05) is 18.7 Å². The molecule has 0 aliphatic rings. The average molecular weight is 211 g/mol. The zero-order valence-corrected chi connectivity index (χ0v) is 9.90. The summed E-state index contributed by atoms with van der Waals surface area (Å²) >= 11 is 0. The van der Waals surface area contributed by atoms with Crippen LogP contribution in [0.4, 0.5) is 0 Å². The molecule has 0 unspecified atom stereocenters. The minimum atomic E-state index is 0.222. The van der Waals surface area contributed by atoms with Crippen molar-refractivity contribution >= 4 is 0 Å². The summed E-state index contributed by atoms with van der Waals surface area (Å²) in [5, 5.41) is 13.3. The van der Waals surface area contributed by atoms with E-state index in [1.54, 1.807) is 0 Å². The zero-order chi connectivity index (χ0) is 11.3. The first-order valence-corrected chi connectivity index (χ1v) is 5.49. The van der Waals surface area contributed by atoms with Gasteiger partial charge >= 0.3 is 0 Å². The lowest BCUT2D eigenvalue weighted by Gasteiger charge is -2.19. The van der Waals surface area contributed by atoms with Crippen LogP contribution >= 0.6 is 0 Å². The molecule has 1 aromatic heterocycles. The molecule has 1 rings (SSSR count). The molecule has 0 aliphatic carbocycles. The number of aliphatic hydroxyl groups excluding tert-OH is 1. The van der Waals surface area contributed by atoms with Gasteiger partial charge in [0.1, 0.15) is 0 Å². The lowest BCUT2D eigenvalue weighted by atomic mass is 10.2. The Bertz CT molecular complexity index is 290. The van der Waals surface area contributed by atoms with Crippen LogP contribution in [0.1, 0.15) is 24.6 Å². The third-order valence-corrected chi connectivity index (χ3v) is 2.47. The summed E-state index contributed by atoms with van der Waals surface area (Å²) < 4.78 is 1.84. The van der Waals surface area contributed by atoms with Crippen molar-refractivity contribution < 1.29 is 5.11 Å². The third kappa shape index (κ3) is 3.64. The quantitative estimate of drug-likeness (QED) is 0.761. The summed E-state index contributed by atoms with van der Waals surface area (Å²) in [6.07, 6.45) is 3.16. The molecule has 0 saturated heterocycles. The minimum Gasteiger partial charge on any atom is -0.395 e. The second-order valence-electron chi connectivity index (χ2n) is 3.91. The lowest BCUT2D eigenvalue weighted by molar-refractivity contribution is 0.190. The summed E-state index contributed by atoms with van der Waals surface area (Å²) in [6.45, 7) is 7.04. The molecular weight excluding hydrogens is 190 g/mol. The number of aryl methyl sites for hydroxylation is 2. The fourth-order valence-corrected chi connectivity index (χ4v) is 1.77. The molecule has 0 amide bonds. The summed E-state index contributed by atoms with van der Waals surface area (Å²) in [5.74, 6) is 0. The third-order valence-electron chi connectivity index (χ3n) is 2.47. The number of rotatable bonds is 6. The standard InChI is InChI=1S/C11H21N3O/c1-4-5-14(6-7-15)9-11-8-13(3)12-10(11)2/h8,15H,4-7,9H2,1-3H3. The molecule has 4 heteroatoms. The van der Waals surface area contributed by atoms with Gasteiger partial charge in [-0.15, -0.1) is 0 Å². The maximum Gasteiger partial charge on any atom is 0.0638 e. The molecule has 15 heavy (non-hydrogen) atoms. The molecule has 1 N–H and O–H groups in total. The molecule has 0 atom stereocenters. The van der Waals surface area contributed by atoms with Crippen LogP contribution in [-0.4, -0.2) is 39.5 Å². The van der Waals surface area contributed by atoms with Gasteiger partial charge in [-0.05, 0) is 19.9 Å². The number of hydrogen-bond acceptors (Lipinski definition) is 3. The summed E-state index contributed by atoms with van der Waals surface area (Å²) in [6, 6.07) is 0. The first-order chi connectivity index (χ1) is 7.17. The van der Waals surface area contributed by atoms with Crippen molar-refractivity contribution in [3.05, 3.63) is 17.5 Å². The van der Waals surface area contributed by atoms with Crippen molar-refractivity contribution in [3.8, 4) is 0 Å². The molecule has 1 heterocycles. The normalized spacial score (nSPS) is 11.3. The van der Waals surface area contributed by atoms with Gasteiger partial charge in [0.15, 0.2) is 0 Å². The van der Waals surface area contributed by atoms with Gasteiger partial charge in [-0.25, -0.2) is 0 Å². The second kappa shape index (κ2) is 5.88. The van der Waals surface area contributed by atoms with Crippen LogP contribution in [0.25, 0.3) is 0 Å². The van der Waals surface area contributed by atoms with Crippen LogP contribution in [0.2, 0.25) is 0 Å². The fraction of sp³-hybridized carbons (Fsp3) is 0.727. The Kier molecular flexibility index (Phi) is 4.78. The highest BCUT2D eigenvalue weighted by Crippen LogP contribution is 2.08. The van der Waals surface area contributed by atoms with Gasteiger partial charge in [0, 0.05) is 31.9 Å². The molecule has 0 aromatic carbocycles. The van der Waals surface area contributed by atoms with Crippen LogP contribution < -0.4 is 0 Å². The molecule has 4 nitrogen and oxygen atoms in total. The highest BCUT2D eigenvalue weighted by atomic mass is 16.3. The maximum absolute atomic E-state index is 8.95. The largest absolute Gasteiger partial charge is 0.395 e. The Morgan fingerprint density at radius 2 is 2.20 bits per heavy atom. The number of nitrogens with zero attached hydrogens (tertiary/aromatic N) is 3. The van der Waals surface area contributed by atoms with Crippen molar-refractivity contribution in [3.63, 3.8) is 0 Å². The van der Waals surface area contributed by atoms with Crippen molar-refractivity contribution in [2.45, 2.75) is 26.8 Å². The summed E-state index contributed by atoms with van der Waals surface area (Å²) in [4.78, 5) is 2.25. The van der Waals surface area contributed by atoms with Crippen LogP contribution in [-0.2, 0) is 13.6 Å². The fourth-order valence-electron chi connectivity index (χ4n) is 1.77. The molecule has 0 aliphatic heterocycles. The number of hydrogen-bond donors (Lipinski definition) is 1. The Morgan fingerprint density at radius 3 is 2.67 bits per heavy atom. The molecule has 0 bridgehead atoms. The van der Waals surface area contributed by atoms with Gasteiger partial charge in [0.05, 0.1) is 12.3 Å². The Balaban J connectivity index is 2.60. The highest BCUT2D eigenvalue weighted by molar-refractivity contribution is 5.14. The number of aliphatic hydroxyl groups is 1. The van der Waals surface area contributed by atoms with Crippen LogP contribution in [0.3, 0.4) is 0 Å². The molecule has 0 fully saturated rings. The van der Waals surface area contributed by atoms with E-state index in [2.05, 4.69) is 23.1 Å². The minimum absolute atomic E-state index is 0.222. The molecule has 1 aromatic rings. The van der Waals surface area contributed by atoms with E-state index in [4.69, 9.17) is 5.11 Å². The lowest BCUT2D eigenvalue weighted by Crippen LogP contribution is -2.27. The monoisotopic (exact) mass is 211 g/mol.